The van der Waals surface area contributed by atoms with Crippen LogP contribution >= 0.6 is 0 Å². The lowest BCUT2D eigenvalue weighted by Crippen LogP contribution is -2.19. The van der Waals surface area contributed by atoms with Crippen molar-refractivity contribution in [3.05, 3.63) is 82.8 Å². The molecule has 0 saturated heterocycles. The molecule has 2 amide bonds. The monoisotopic (exact) mass is 531 g/mol. The Balaban J connectivity index is 1.77. The van der Waals surface area contributed by atoms with E-state index in [0.717, 1.165) is 17.0 Å². The Kier molecular flexibility index (Phi) is 6.50. The van der Waals surface area contributed by atoms with Gasteiger partial charge in [0, 0.05) is 11.6 Å². The Bertz CT molecular complexity index is 1660. The van der Waals surface area contributed by atoms with Gasteiger partial charge in [0.2, 0.25) is 0 Å². The van der Waals surface area contributed by atoms with Gasteiger partial charge in [-0.25, -0.2) is 13.4 Å². The van der Waals surface area contributed by atoms with Crippen LogP contribution in [0.5, 0.6) is 0 Å². The van der Waals surface area contributed by atoms with Crippen molar-refractivity contribution < 1.29 is 31.2 Å². The molecule has 0 unspecified atom stereocenters. The SMILES string of the molecule is Cc1c(NC(=O)c2cc(C(N)=O)nc3ccccc23)c(C(F)(F)F)nn1Cc1cccc(S(C)(=O)=O)c1. The highest BCUT2D eigenvalue weighted by Crippen LogP contribution is 2.36. The number of nitrogens with one attached hydrogen (secondary N) is 1. The van der Waals surface area contributed by atoms with E-state index in [0.29, 0.717) is 10.9 Å². The molecule has 3 N–H and O–H groups in total. The number of primary amides is 1. The standard InChI is InChI=1S/C24H20F3N5O4S/c1-13-20(30-23(34)17-11-19(22(28)33)29-18-9-4-3-8-16(17)18)21(24(25,26)27)31-32(13)12-14-6-5-7-15(10-14)37(2,35)36/h3-11H,12H2,1-2H3,(H2,28,33)(H,30,34). The summed E-state index contributed by atoms with van der Waals surface area (Å²) in [5.41, 5.74) is 3.74. The molecule has 13 heteroatoms. The van der Waals surface area contributed by atoms with Gasteiger partial charge in [0.1, 0.15) is 5.69 Å². The molecule has 0 fully saturated rings. The van der Waals surface area contributed by atoms with Crippen LogP contribution in [-0.2, 0) is 22.6 Å². The number of nitrogens with two attached hydrogens (primary N) is 1. The van der Waals surface area contributed by atoms with Gasteiger partial charge in [-0.05, 0) is 36.8 Å². The molecular formula is C24H20F3N5O4S. The largest absolute Gasteiger partial charge is 0.437 e. The first-order chi connectivity index (χ1) is 17.3. The number of hydrogen-bond acceptors (Lipinski definition) is 6. The Morgan fingerprint density at radius 3 is 2.43 bits per heavy atom. The number of anilines is 1. The fourth-order valence-corrected chi connectivity index (χ4v) is 4.46. The molecule has 4 rings (SSSR count). The molecule has 2 aromatic carbocycles. The number of hydrogen-bond donors (Lipinski definition) is 2. The minimum absolute atomic E-state index is 0.00852. The fourth-order valence-electron chi connectivity index (χ4n) is 3.77. The maximum atomic E-state index is 13.9. The van der Waals surface area contributed by atoms with E-state index in [-0.39, 0.29) is 33.9 Å². The van der Waals surface area contributed by atoms with Gasteiger partial charge in [-0.15, -0.1) is 0 Å². The van der Waals surface area contributed by atoms with Gasteiger partial charge in [0.15, 0.2) is 15.5 Å². The van der Waals surface area contributed by atoms with Gasteiger partial charge in [-0.1, -0.05) is 30.3 Å². The molecule has 0 aliphatic carbocycles. The average Bonchev–Trinajstić information content (AvgIpc) is 3.13. The van der Waals surface area contributed by atoms with Crippen molar-refractivity contribution in [2.75, 3.05) is 11.6 Å². The molecule has 2 heterocycles. The van der Waals surface area contributed by atoms with Gasteiger partial charge in [0.05, 0.1) is 33.9 Å². The smallest absolute Gasteiger partial charge is 0.364 e. The number of amides is 2. The van der Waals surface area contributed by atoms with Crippen LogP contribution in [0, 0.1) is 6.92 Å². The van der Waals surface area contributed by atoms with E-state index in [2.05, 4.69) is 15.4 Å². The van der Waals surface area contributed by atoms with E-state index >= 15 is 0 Å². The predicted octanol–water partition coefficient (Wildman–Crippen LogP) is 3.56. The van der Waals surface area contributed by atoms with Crippen LogP contribution in [0.3, 0.4) is 0 Å². The minimum atomic E-state index is -4.91. The lowest BCUT2D eigenvalue weighted by molar-refractivity contribution is -0.140. The Hall–Kier alpha value is -4.26. The molecule has 0 aliphatic heterocycles. The van der Waals surface area contributed by atoms with Crippen LogP contribution in [-0.4, -0.2) is 41.3 Å². The number of carbonyl (C=O) groups excluding carboxylic acids is 2. The second-order valence-corrected chi connectivity index (χ2v) is 10.3. The van der Waals surface area contributed by atoms with E-state index in [9.17, 15) is 31.2 Å². The number of aromatic nitrogens is 3. The molecule has 192 valence electrons. The third-order valence-electron chi connectivity index (χ3n) is 5.59. The number of para-hydroxylation sites is 1. The van der Waals surface area contributed by atoms with Crippen LogP contribution in [0.4, 0.5) is 18.9 Å². The summed E-state index contributed by atoms with van der Waals surface area (Å²) in [7, 11) is -3.53. The third-order valence-corrected chi connectivity index (χ3v) is 6.70. The van der Waals surface area contributed by atoms with E-state index in [1.54, 1.807) is 18.2 Å². The molecular weight excluding hydrogens is 511 g/mol. The number of nitrogens with zero attached hydrogens (tertiary/aromatic N) is 3. The number of carbonyl (C=O) groups is 2. The number of benzene rings is 2. The van der Waals surface area contributed by atoms with Gasteiger partial charge in [-0.2, -0.15) is 18.3 Å². The number of alkyl halides is 3. The number of rotatable bonds is 6. The lowest BCUT2D eigenvalue weighted by Gasteiger charge is -2.11. The van der Waals surface area contributed by atoms with Gasteiger partial charge in [-0.3, -0.25) is 14.3 Å². The van der Waals surface area contributed by atoms with Gasteiger partial charge < -0.3 is 11.1 Å². The van der Waals surface area contributed by atoms with Crippen LogP contribution in [0.15, 0.2) is 59.5 Å². The molecule has 0 spiro atoms. The van der Waals surface area contributed by atoms with Crippen molar-refractivity contribution in [1.82, 2.24) is 14.8 Å². The van der Waals surface area contributed by atoms with Crippen LogP contribution in [0.25, 0.3) is 10.9 Å². The molecule has 0 atom stereocenters. The van der Waals surface area contributed by atoms with E-state index in [4.69, 9.17) is 5.73 Å². The van der Waals surface area contributed by atoms with Crippen molar-refractivity contribution >= 4 is 38.2 Å². The van der Waals surface area contributed by atoms with Crippen molar-refractivity contribution in [2.45, 2.75) is 24.5 Å². The normalized spacial score (nSPS) is 12.0. The first kappa shape index (κ1) is 25.8. The second kappa shape index (κ2) is 9.32. The molecule has 0 saturated carbocycles. The molecule has 37 heavy (non-hydrogen) atoms. The number of fused-ring (bicyclic) bond motifs is 1. The number of pyridine rings is 1. The van der Waals surface area contributed by atoms with E-state index in [1.165, 1.54) is 37.3 Å². The first-order valence-electron chi connectivity index (χ1n) is 10.7. The summed E-state index contributed by atoms with van der Waals surface area (Å²) in [6.45, 7) is 1.16. The quantitative estimate of drug-likeness (QED) is 0.390. The molecule has 9 nitrogen and oxygen atoms in total. The highest BCUT2D eigenvalue weighted by atomic mass is 32.2. The van der Waals surface area contributed by atoms with Crippen molar-refractivity contribution in [2.24, 2.45) is 5.73 Å². The Morgan fingerprint density at radius 1 is 1.08 bits per heavy atom. The van der Waals surface area contributed by atoms with Crippen LogP contribution in [0.2, 0.25) is 0 Å². The van der Waals surface area contributed by atoms with Gasteiger partial charge >= 0.3 is 6.18 Å². The zero-order valence-electron chi connectivity index (χ0n) is 19.5. The lowest BCUT2D eigenvalue weighted by atomic mass is 10.1. The van der Waals surface area contributed by atoms with E-state index < -0.39 is 39.2 Å². The molecule has 4 aromatic rings. The van der Waals surface area contributed by atoms with Crippen LogP contribution in [0.1, 0.15) is 37.8 Å². The Morgan fingerprint density at radius 2 is 1.78 bits per heavy atom. The maximum absolute atomic E-state index is 13.9. The maximum Gasteiger partial charge on any atom is 0.437 e. The van der Waals surface area contributed by atoms with Crippen LogP contribution < -0.4 is 11.1 Å². The third kappa shape index (κ3) is 5.31. The highest BCUT2D eigenvalue weighted by Gasteiger charge is 2.39. The average molecular weight is 532 g/mol. The summed E-state index contributed by atoms with van der Waals surface area (Å²) in [6, 6.07) is 13.2. The summed E-state index contributed by atoms with van der Waals surface area (Å²) in [5.74, 6) is -1.83. The summed E-state index contributed by atoms with van der Waals surface area (Å²) in [6.07, 6.45) is -3.89. The zero-order valence-corrected chi connectivity index (χ0v) is 20.3. The molecule has 0 aliphatic rings. The molecule has 2 aromatic heterocycles. The van der Waals surface area contributed by atoms with Crippen molar-refractivity contribution in [3.8, 4) is 0 Å². The van der Waals surface area contributed by atoms with Gasteiger partial charge in [0.25, 0.3) is 11.8 Å². The summed E-state index contributed by atoms with van der Waals surface area (Å²) < 4.78 is 66.4. The van der Waals surface area contributed by atoms with Crippen molar-refractivity contribution in [3.63, 3.8) is 0 Å². The topological polar surface area (TPSA) is 137 Å². The number of sulfone groups is 1. The molecule has 0 radical (unpaired) electrons. The minimum Gasteiger partial charge on any atom is -0.364 e. The Labute approximate surface area is 209 Å². The summed E-state index contributed by atoms with van der Waals surface area (Å²) >= 11 is 0. The summed E-state index contributed by atoms with van der Waals surface area (Å²) in [4.78, 5) is 29.0. The fraction of sp³-hybridized carbons (Fsp3) is 0.167. The van der Waals surface area contributed by atoms with Crippen molar-refractivity contribution in [1.29, 1.82) is 0 Å². The highest BCUT2D eigenvalue weighted by molar-refractivity contribution is 7.90. The second-order valence-electron chi connectivity index (χ2n) is 8.27. The zero-order chi connectivity index (χ0) is 27.1. The number of halogens is 3. The predicted molar refractivity (Wildman–Crippen MR) is 129 cm³/mol. The first-order valence-corrected chi connectivity index (χ1v) is 12.6. The summed E-state index contributed by atoms with van der Waals surface area (Å²) in [5, 5.41) is 6.25. The molecule has 0 bridgehead atoms. The van der Waals surface area contributed by atoms with E-state index in [1.807, 2.05) is 0 Å².